The van der Waals surface area contributed by atoms with E-state index in [-0.39, 0.29) is 10.7 Å². The Bertz CT molecular complexity index is 747. The molecule has 118 valence electrons. The van der Waals surface area contributed by atoms with E-state index in [1.54, 1.807) is 6.07 Å². The molecule has 0 saturated heterocycles. The first kappa shape index (κ1) is 16.9. The number of anilines is 1. The predicted molar refractivity (Wildman–Crippen MR) is 77.6 cm³/mol. The van der Waals surface area contributed by atoms with Gasteiger partial charge in [-0.2, -0.15) is 9.90 Å². The molecule has 22 heavy (non-hydrogen) atoms. The molecule has 1 heterocycles. The monoisotopic (exact) mass is 366 g/mol. The van der Waals surface area contributed by atoms with Crippen molar-refractivity contribution < 1.29 is 23.7 Å². The summed E-state index contributed by atoms with van der Waals surface area (Å²) in [7, 11) is -4.64. The molecule has 0 fully saturated rings. The Balaban J connectivity index is 2.04. The van der Waals surface area contributed by atoms with Crippen LogP contribution in [0.2, 0.25) is 10.0 Å². The highest BCUT2D eigenvalue weighted by molar-refractivity contribution is 7.46. The number of rotatable bonds is 5. The SMILES string of the molecule is O=C(Nc1ccc(Cl)cc1Cl)c1cnn(COP(=O)(O)O)n1. The summed E-state index contributed by atoms with van der Waals surface area (Å²) in [5.74, 6) is -0.605. The van der Waals surface area contributed by atoms with E-state index in [0.29, 0.717) is 10.7 Å². The zero-order chi connectivity index (χ0) is 16.3. The van der Waals surface area contributed by atoms with Crippen LogP contribution in [-0.2, 0) is 15.8 Å². The van der Waals surface area contributed by atoms with Crippen LogP contribution in [0.1, 0.15) is 10.5 Å². The minimum absolute atomic E-state index is 0.0830. The number of hydrogen-bond acceptors (Lipinski definition) is 5. The van der Waals surface area contributed by atoms with Gasteiger partial charge >= 0.3 is 7.82 Å². The summed E-state index contributed by atoms with van der Waals surface area (Å²) in [6.45, 7) is -0.598. The fourth-order valence-corrected chi connectivity index (χ4v) is 2.08. The molecule has 3 N–H and O–H groups in total. The fourth-order valence-electron chi connectivity index (χ4n) is 1.37. The number of aromatic nitrogens is 3. The van der Waals surface area contributed by atoms with Gasteiger partial charge in [-0.15, -0.1) is 5.10 Å². The van der Waals surface area contributed by atoms with E-state index in [0.717, 1.165) is 11.0 Å². The molecule has 0 bridgehead atoms. The van der Waals surface area contributed by atoms with E-state index in [1.807, 2.05) is 0 Å². The highest BCUT2D eigenvalue weighted by Gasteiger charge is 2.16. The topological polar surface area (TPSA) is 127 Å². The maximum Gasteiger partial charge on any atom is 0.471 e. The van der Waals surface area contributed by atoms with Crippen LogP contribution in [0, 0.1) is 0 Å². The lowest BCUT2D eigenvalue weighted by molar-refractivity contribution is 0.101. The molecule has 1 aromatic carbocycles. The molecular weight excluding hydrogens is 358 g/mol. The minimum atomic E-state index is -4.64. The standard InChI is InChI=1S/C10H9Cl2N4O5P/c11-6-1-2-8(7(12)3-6)14-10(17)9-4-13-16(15-9)5-21-22(18,19)20/h1-4H,5H2,(H,14,17)(H2,18,19,20). The first-order chi connectivity index (χ1) is 10.2. The number of nitrogens with zero attached hydrogens (tertiary/aromatic N) is 3. The molecule has 0 aliphatic carbocycles. The second-order valence-corrected chi connectivity index (χ2v) is 6.01. The van der Waals surface area contributed by atoms with Gasteiger partial charge < -0.3 is 15.1 Å². The van der Waals surface area contributed by atoms with Crippen molar-refractivity contribution in [2.75, 3.05) is 5.32 Å². The quantitative estimate of drug-likeness (QED) is 0.689. The van der Waals surface area contributed by atoms with Crippen LogP contribution in [0.3, 0.4) is 0 Å². The van der Waals surface area contributed by atoms with Crippen molar-refractivity contribution in [3.05, 3.63) is 40.1 Å². The zero-order valence-electron chi connectivity index (χ0n) is 10.7. The number of nitrogens with one attached hydrogen (secondary N) is 1. The van der Waals surface area contributed by atoms with E-state index in [1.165, 1.54) is 12.1 Å². The minimum Gasteiger partial charge on any atom is -0.319 e. The van der Waals surface area contributed by atoms with E-state index in [4.69, 9.17) is 33.0 Å². The van der Waals surface area contributed by atoms with Gasteiger partial charge in [0, 0.05) is 5.02 Å². The van der Waals surface area contributed by atoms with Crippen molar-refractivity contribution in [2.24, 2.45) is 0 Å². The third kappa shape index (κ3) is 4.77. The Labute approximate surface area is 134 Å². The summed E-state index contributed by atoms with van der Waals surface area (Å²) < 4.78 is 14.7. The molecule has 12 heteroatoms. The number of phosphoric ester groups is 1. The fraction of sp³-hybridized carbons (Fsp3) is 0.100. The van der Waals surface area contributed by atoms with Gasteiger partial charge in [0.15, 0.2) is 12.4 Å². The zero-order valence-corrected chi connectivity index (χ0v) is 13.1. The number of benzene rings is 1. The predicted octanol–water partition coefficient (Wildman–Crippen LogP) is 1.90. The first-order valence-electron chi connectivity index (χ1n) is 5.61. The smallest absolute Gasteiger partial charge is 0.319 e. The van der Waals surface area contributed by atoms with Crippen molar-refractivity contribution in [3.8, 4) is 0 Å². The summed E-state index contributed by atoms with van der Waals surface area (Å²) in [4.78, 5) is 29.9. The first-order valence-corrected chi connectivity index (χ1v) is 7.90. The van der Waals surface area contributed by atoms with Crippen LogP contribution in [0.15, 0.2) is 24.4 Å². The lowest BCUT2D eigenvalue weighted by atomic mass is 10.3. The molecule has 0 unspecified atom stereocenters. The van der Waals surface area contributed by atoms with Gasteiger partial charge in [-0.1, -0.05) is 23.2 Å². The highest BCUT2D eigenvalue weighted by Crippen LogP contribution is 2.35. The highest BCUT2D eigenvalue weighted by atomic mass is 35.5. The second kappa shape index (κ2) is 6.74. The van der Waals surface area contributed by atoms with Gasteiger partial charge in [0.05, 0.1) is 16.9 Å². The van der Waals surface area contributed by atoms with Gasteiger partial charge in [0.2, 0.25) is 0 Å². The summed E-state index contributed by atoms with van der Waals surface area (Å²) >= 11 is 11.7. The molecule has 0 aliphatic rings. The third-order valence-corrected chi connectivity index (χ3v) is 3.29. The van der Waals surface area contributed by atoms with E-state index >= 15 is 0 Å². The maximum absolute atomic E-state index is 12.0. The number of carbonyl (C=O) groups excluding carboxylic acids is 1. The number of phosphoric acid groups is 1. The van der Waals surface area contributed by atoms with Gasteiger partial charge in [-0.05, 0) is 18.2 Å². The van der Waals surface area contributed by atoms with Crippen molar-refractivity contribution >= 4 is 42.6 Å². The molecule has 2 aromatic rings. The number of carbonyl (C=O) groups is 1. The van der Waals surface area contributed by atoms with E-state index in [2.05, 4.69) is 20.0 Å². The van der Waals surface area contributed by atoms with Gasteiger partial charge in [-0.3, -0.25) is 9.32 Å². The molecule has 0 spiro atoms. The van der Waals surface area contributed by atoms with Crippen molar-refractivity contribution in [3.63, 3.8) is 0 Å². The Morgan fingerprint density at radius 1 is 1.41 bits per heavy atom. The van der Waals surface area contributed by atoms with Crippen LogP contribution < -0.4 is 5.32 Å². The molecule has 2 rings (SSSR count). The van der Waals surface area contributed by atoms with Crippen LogP contribution in [0.5, 0.6) is 0 Å². The van der Waals surface area contributed by atoms with Crippen LogP contribution in [-0.4, -0.2) is 30.7 Å². The number of amides is 1. The van der Waals surface area contributed by atoms with Crippen molar-refractivity contribution in [1.29, 1.82) is 0 Å². The maximum atomic E-state index is 12.0. The molecule has 1 amide bonds. The lowest BCUT2D eigenvalue weighted by Gasteiger charge is -2.05. The third-order valence-electron chi connectivity index (χ3n) is 2.29. The molecule has 9 nitrogen and oxygen atoms in total. The number of hydrogen-bond donors (Lipinski definition) is 3. The largest absolute Gasteiger partial charge is 0.471 e. The van der Waals surface area contributed by atoms with Crippen molar-refractivity contribution in [1.82, 2.24) is 15.0 Å². The lowest BCUT2D eigenvalue weighted by Crippen LogP contribution is -2.14. The Morgan fingerprint density at radius 2 is 2.14 bits per heavy atom. The Hall–Kier alpha value is -1.48. The summed E-state index contributed by atoms with van der Waals surface area (Å²) in [5, 5.41) is 10.5. The van der Waals surface area contributed by atoms with Gasteiger partial charge in [-0.25, -0.2) is 4.57 Å². The molecule has 0 atom stereocenters. The van der Waals surface area contributed by atoms with E-state index in [9.17, 15) is 9.36 Å². The Kier molecular flexibility index (Phi) is 5.17. The molecule has 1 aromatic heterocycles. The van der Waals surface area contributed by atoms with Gasteiger partial charge in [0.25, 0.3) is 5.91 Å². The summed E-state index contributed by atoms with van der Waals surface area (Å²) in [6, 6.07) is 4.53. The van der Waals surface area contributed by atoms with E-state index < -0.39 is 20.5 Å². The molecule has 0 saturated carbocycles. The van der Waals surface area contributed by atoms with Crippen LogP contribution in [0.4, 0.5) is 5.69 Å². The molecule has 0 radical (unpaired) electrons. The van der Waals surface area contributed by atoms with Crippen LogP contribution >= 0.6 is 31.0 Å². The summed E-state index contributed by atoms with van der Waals surface area (Å²) in [5.41, 5.74) is 0.248. The number of halogens is 2. The van der Waals surface area contributed by atoms with Crippen LogP contribution in [0.25, 0.3) is 0 Å². The molecular formula is C10H9Cl2N4O5P. The average molecular weight is 367 g/mol. The Morgan fingerprint density at radius 3 is 2.77 bits per heavy atom. The summed E-state index contributed by atoms with van der Waals surface area (Å²) in [6.07, 6.45) is 1.11. The average Bonchev–Trinajstić information content (AvgIpc) is 2.88. The molecule has 0 aliphatic heterocycles. The normalized spacial score (nSPS) is 11.5. The van der Waals surface area contributed by atoms with Crippen molar-refractivity contribution in [2.45, 2.75) is 6.73 Å². The van der Waals surface area contributed by atoms with Gasteiger partial charge in [0.1, 0.15) is 0 Å². The second-order valence-electron chi connectivity index (χ2n) is 3.93.